The minimum Gasteiger partial charge on any atom is -0.310 e. The molecule has 1 aliphatic carbocycles. The summed E-state index contributed by atoms with van der Waals surface area (Å²) in [5.74, 6) is 0. The second kappa shape index (κ2) is 14.9. The van der Waals surface area contributed by atoms with Gasteiger partial charge in [-0.3, -0.25) is 0 Å². The molecular formula is C59H44N2. The van der Waals surface area contributed by atoms with E-state index in [2.05, 4.69) is 254 Å². The van der Waals surface area contributed by atoms with Crippen molar-refractivity contribution in [1.82, 2.24) is 0 Å². The highest BCUT2D eigenvalue weighted by molar-refractivity contribution is 6.06. The number of hydrogen-bond acceptors (Lipinski definition) is 2. The van der Waals surface area contributed by atoms with Crippen LogP contribution in [-0.4, -0.2) is 0 Å². The molecule has 0 aliphatic heterocycles. The molecule has 1 aliphatic rings. The lowest BCUT2D eigenvalue weighted by Crippen LogP contribution is -2.16. The number of benzene rings is 10. The third-order valence-corrected chi connectivity index (χ3v) is 12.7. The number of rotatable bonds is 8. The van der Waals surface area contributed by atoms with Crippen LogP contribution in [0.4, 0.5) is 34.1 Å². The van der Waals surface area contributed by atoms with E-state index in [9.17, 15) is 0 Å². The molecule has 0 saturated heterocycles. The minimum absolute atomic E-state index is 0.100. The Morgan fingerprint density at radius 2 is 0.770 bits per heavy atom. The first-order valence-electron chi connectivity index (χ1n) is 21.2. The van der Waals surface area contributed by atoms with Crippen molar-refractivity contribution in [2.24, 2.45) is 0 Å². The summed E-state index contributed by atoms with van der Waals surface area (Å²) in [7, 11) is 0. The zero-order valence-electron chi connectivity index (χ0n) is 34.3. The first kappa shape index (κ1) is 36.4. The van der Waals surface area contributed by atoms with Crippen molar-refractivity contribution < 1.29 is 0 Å². The number of fused-ring (bicyclic) bond motifs is 5. The fraction of sp³-hybridized carbons (Fsp3) is 0.0508. The summed E-state index contributed by atoms with van der Waals surface area (Å²) < 4.78 is 0. The van der Waals surface area contributed by atoms with Gasteiger partial charge in [0.2, 0.25) is 0 Å². The Kier molecular flexibility index (Phi) is 8.86. The topological polar surface area (TPSA) is 6.48 Å². The van der Waals surface area contributed by atoms with Crippen LogP contribution in [0.2, 0.25) is 0 Å². The van der Waals surface area contributed by atoms with Crippen LogP contribution in [0.15, 0.2) is 231 Å². The number of hydrogen-bond donors (Lipinski definition) is 0. The molecular weight excluding hydrogens is 737 g/mol. The molecule has 0 unspecified atom stereocenters. The average Bonchev–Trinajstić information content (AvgIpc) is 3.55. The number of para-hydroxylation sites is 1. The van der Waals surface area contributed by atoms with Crippen LogP contribution in [-0.2, 0) is 5.41 Å². The standard InChI is InChI=1S/C59H44N2/c1-59(2)55-27-12-11-23-52(55)53-39-38-48(40-56(53)59)61(45-20-7-4-8-21-45)58-29-15-25-51-49(24-14-26-54(51)58)44-32-36-47(37-33-44)60(57-28-13-19-43-18-9-10-22-50(43)57)46-34-30-42(31-35-46)41-16-5-3-6-17-41/h3-40H,1-2H3. The third kappa shape index (κ3) is 6.27. The molecule has 10 aromatic rings. The van der Waals surface area contributed by atoms with Crippen LogP contribution in [0.25, 0.3) is 54.9 Å². The molecule has 0 fully saturated rings. The SMILES string of the molecule is CC1(C)c2ccccc2-c2ccc(N(c3ccccc3)c3cccc4c(-c5ccc(N(c6ccc(-c7ccccc7)cc6)c6cccc7ccccc67)cc5)cccc34)cc21. The molecule has 0 heterocycles. The molecule has 61 heavy (non-hydrogen) atoms. The largest absolute Gasteiger partial charge is 0.310 e. The Morgan fingerprint density at radius 1 is 0.295 bits per heavy atom. The molecule has 10 aromatic carbocycles. The van der Waals surface area contributed by atoms with Crippen LogP contribution in [0.5, 0.6) is 0 Å². The molecule has 290 valence electrons. The Labute approximate surface area is 358 Å². The summed E-state index contributed by atoms with van der Waals surface area (Å²) in [6.07, 6.45) is 0. The summed E-state index contributed by atoms with van der Waals surface area (Å²) in [5.41, 5.74) is 16.9. The average molecular weight is 781 g/mol. The summed E-state index contributed by atoms with van der Waals surface area (Å²) in [6, 6.07) is 84.0. The van der Waals surface area contributed by atoms with Gasteiger partial charge in [0.05, 0.1) is 11.4 Å². The van der Waals surface area contributed by atoms with Crippen LogP contribution in [0.1, 0.15) is 25.0 Å². The van der Waals surface area contributed by atoms with E-state index in [0.717, 1.165) is 34.1 Å². The smallest absolute Gasteiger partial charge is 0.0540 e. The maximum Gasteiger partial charge on any atom is 0.0540 e. The molecule has 0 atom stereocenters. The zero-order valence-corrected chi connectivity index (χ0v) is 34.3. The van der Waals surface area contributed by atoms with Gasteiger partial charge in [0, 0.05) is 38.9 Å². The molecule has 0 amide bonds. The molecule has 0 N–H and O–H groups in total. The quantitative estimate of drug-likeness (QED) is 0.152. The Morgan fingerprint density at radius 3 is 1.54 bits per heavy atom. The van der Waals surface area contributed by atoms with Gasteiger partial charge in [-0.05, 0) is 116 Å². The molecule has 11 rings (SSSR count). The molecule has 2 nitrogen and oxygen atoms in total. The van der Waals surface area contributed by atoms with Crippen LogP contribution in [0, 0.1) is 0 Å². The Balaban J connectivity index is 1.01. The van der Waals surface area contributed by atoms with Gasteiger partial charge in [-0.25, -0.2) is 0 Å². The third-order valence-electron chi connectivity index (χ3n) is 12.7. The van der Waals surface area contributed by atoms with Crippen molar-refractivity contribution in [1.29, 1.82) is 0 Å². The normalized spacial score (nSPS) is 12.6. The summed E-state index contributed by atoms with van der Waals surface area (Å²) in [6.45, 7) is 4.71. The maximum absolute atomic E-state index is 2.43. The molecule has 0 aromatic heterocycles. The van der Waals surface area contributed by atoms with Gasteiger partial charge in [0.1, 0.15) is 0 Å². The van der Waals surface area contributed by atoms with Gasteiger partial charge in [-0.15, -0.1) is 0 Å². The van der Waals surface area contributed by atoms with Crippen molar-refractivity contribution in [2.75, 3.05) is 9.80 Å². The second-order valence-electron chi connectivity index (χ2n) is 16.5. The Bertz CT molecular complexity index is 3200. The van der Waals surface area contributed by atoms with Gasteiger partial charge >= 0.3 is 0 Å². The van der Waals surface area contributed by atoms with Gasteiger partial charge in [-0.2, -0.15) is 0 Å². The van der Waals surface area contributed by atoms with Gasteiger partial charge < -0.3 is 9.80 Å². The highest BCUT2D eigenvalue weighted by Gasteiger charge is 2.35. The lowest BCUT2D eigenvalue weighted by Gasteiger charge is -2.29. The van der Waals surface area contributed by atoms with E-state index < -0.39 is 0 Å². The molecule has 0 saturated carbocycles. The summed E-state index contributed by atoms with van der Waals surface area (Å²) >= 11 is 0. The van der Waals surface area contributed by atoms with E-state index in [1.54, 1.807) is 0 Å². The molecule has 0 radical (unpaired) electrons. The fourth-order valence-corrected chi connectivity index (χ4v) is 9.63. The van der Waals surface area contributed by atoms with Gasteiger partial charge in [0.15, 0.2) is 0 Å². The highest BCUT2D eigenvalue weighted by Crippen LogP contribution is 2.51. The van der Waals surface area contributed by atoms with Gasteiger partial charge in [-0.1, -0.05) is 184 Å². The first-order chi connectivity index (χ1) is 30.0. The highest BCUT2D eigenvalue weighted by atomic mass is 15.1. The van der Waals surface area contributed by atoms with Gasteiger partial charge in [0.25, 0.3) is 0 Å². The predicted molar refractivity (Wildman–Crippen MR) is 259 cm³/mol. The van der Waals surface area contributed by atoms with Crippen molar-refractivity contribution in [2.45, 2.75) is 19.3 Å². The van der Waals surface area contributed by atoms with Crippen molar-refractivity contribution >= 4 is 55.7 Å². The van der Waals surface area contributed by atoms with E-state index in [1.165, 1.54) is 66.1 Å². The van der Waals surface area contributed by atoms with E-state index in [0.29, 0.717) is 0 Å². The van der Waals surface area contributed by atoms with E-state index in [4.69, 9.17) is 0 Å². The van der Waals surface area contributed by atoms with Crippen molar-refractivity contribution in [3.8, 4) is 33.4 Å². The van der Waals surface area contributed by atoms with Crippen LogP contribution >= 0.6 is 0 Å². The first-order valence-corrected chi connectivity index (χ1v) is 21.2. The van der Waals surface area contributed by atoms with Crippen molar-refractivity contribution in [3.63, 3.8) is 0 Å². The van der Waals surface area contributed by atoms with E-state index in [-0.39, 0.29) is 5.41 Å². The fourth-order valence-electron chi connectivity index (χ4n) is 9.63. The minimum atomic E-state index is -0.100. The van der Waals surface area contributed by atoms with Crippen LogP contribution in [0.3, 0.4) is 0 Å². The molecule has 0 bridgehead atoms. The van der Waals surface area contributed by atoms with Crippen molar-refractivity contribution in [3.05, 3.63) is 242 Å². The van der Waals surface area contributed by atoms with E-state index in [1.807, 2.05) is 0 Å². The van der Waals surface area contributed by atoms with E-state index >= 15 is 0 Å². The predicted octanol–water partition coefficient (Wildman–Crippen LogP) is 16.6. The Hall–Kier alpha value is -7.68. The second-order valence-corrected chi connectivity index (χ2v) is 16.5. The lowest BCUT2D eigenvalue weighted by molar-refractivity contribution is 0.660. The zero-order chi connectivity index (χ0) is 40.9. The van der Waals surface area contributed by atoms with Crippen LogP contribution < -0.4 is 9.80 Å². The molecule has 2 heteroatoms. The number of nitrogens with zero attached hydrogens (tertiary/aromatic N) is 2. The summed E-state index contributed by atoms with van der Waals surface area (Å²) in [4.78, 5) is 4.82. The maximum atomic E-state index is 2.43. The summed E-state index contributed by atoms with van der Waals surface area (Å²) in [5, 5.41) is 4.84. The lowest BCUT2D eigenvalue weighted by atomic mass is 9.82. The monoisotopic (exact) mass is 780 g/mol. The molecule has 0 spiro atoms. The number of anilines is 6.